The van der Waals surface area contributed by atoms with E-state index >= 15 is 0 Å². The van der Waals surface area contributed by atoms with E-state index in [-0.39, 0.29) is 11.9 Å². The molecule has 0 fully saturated rings. The van der Waals surface area contributed by atoms with Crippen LogP contribution < -0.4 is 10.1 Å². The molecule has 1 N–H and O–H groups in total. The zero-order chi connectivity index (χ0) is 15.1. The summed E-state index contributed by atoms with van der Waals surface area (Å²) in [5.74, 6) is 0.557. The summed E-state index contributed by atoms with van der Waals surface area (Å²) in [6.45, 7) is 4.88. The van der Waals surface area contributed by atoms with Crippen molar-refractivity contribution < 1.29 is 9.13 Å². The SMILES string of the molecule is CCCOc1ccc(NC(CC)c2ccc(F)cn2)cc1. The lowest BCUT2D eigenvalue weighted by Gasteiger charge is -2.18. The molecule has 0 amide bonds. The molecule has 2 rings (SSSR count). The van der Waals surface area contributed by atoms with E-state index in [0.717, 1.165) is 36.6 Å². The molecule has 0 bridgehead atoms. The van der Waals surface area contributed by atoms with Gasteiger partial charge in [0, 0.05) is 5.69 Å². The second kappa shape index (κ2) is 7.62. The second-order valence-corrected chi connectivity index (χ2v) is 4.88. The number of nitrogens with one attached hydrogen (secondary N) is 1. The van der Waals surface area contributed by atoms with E-state index in [1.165, 1.54) is 12.3 Å². The molecule has 0 radical (unpaired) electrons. The van der Waals surface area contributed by atoms with Gasteiger partial charge in [-0.25, -0.2) is 4.39 Å². The van der Waals surface area contributed by atoms with Crippen molar-refractivity contribution in [1.82, 2.24) is 4.98 Å². The van der Waals surface area contributed by atoms with Crippen molar-refractivity contribution in [3.8, 4) is 5.75 Å². The van der Waals surface area contributed by atoms with Crippen LogP contribution in [0.2, 0.25) is 0 Å². The Balaban J connectivity index is 2.02. The minimum absolute atomic E-state index is 0.0630. The highest BCUT2D eigenvalue weighted by Gasteiger charge is 2.10. The summed E-state index contributed by atoms with van der Waals surface area (Å²) >= 11 is 0. The normalized spacial score (nSPS) is 12.0. The van der Waals surface area contributed by atoms with Crippen molar-refractivity contribution in [2.75, 3.05) is 11.9 Å². The maximum atomic E-state index is 12.9. The predicted molar refractivity (Wildman–Crippen MR) is 83.1 cm³/mol. The molecule has 2 aromatic rings. The highest BCUT2D eigenvalue weighted by atomic mass is 19.1. The minimum atomic E-state index is -0.314. The third kappa shape index (κ3) is 4.45. The molecule has 0 spiro atoms. The molecule has 0 saturated carbocycles. The van der Waals surface area contributed by atoms with Crippen molar-refractivity contribution >= 4 is 5.69 Å². The number of nitrogens with zero attached hydrogens (tertiary/aromatic N) is 1. The van der Waals surface area contributed by atoms with Crippen molar-refractivity contribution in [2.45, 2.75) is 32.7 Å². The molecular weight excluding hydrogens is 267 g/mol. The molecule has 3 nitrogen and oxygen atoms in total. The molecule has 0 aliphatic rings. The molecule has 112 valence electrons. The van der Waals surface area contributed by atoms with Gasteiger partial charge < -0.3 is 10.1 Å². The Morgan fingerprint density at radius 2 is 1.90 bits per heavy atom. The Bertz CT molecular complexity index is 540. The van der Waals surface area contributed by atoms with Crippen molar-refractivity contribution in [2.24, 2.45) is 0 Å². The van der Waals surface area contributed by atoms with E-state index in [4.69, 9.17) is 4.74 Å². The van der Waals surface area contributed by atoms with E-state index in [9.17, 15) is 4.39 Å². The van der Waals surface area contributed by atoms with Gasteiger partial charge in [0.05, 0.1) is 24.5 Å². The number of benzene rings is 1. The summed E-state index contributed by atoms with van der Waals surface area (Å²) in [5.41, 5.74) is 1.84. The summed E-state index contributed by atoms with van der Waals surface area (Å²) in [7, 11) is 0. The van der Waals surface area contributed by atoms with Gasteiger partial charge in [-0.05, 0) is 49.2 Å². The van der Waals surface area contributed by atoms with E-state index in [2.05, 4.69) is 24.1 Å². The fourth-order valence-corrected chi connectivity index (χ4v) is 2.05. The summed E-state index contributed by atoms with van der Waals surface area (Å²) in [6, 6.07) is 11.1. The van der Waals surface area contributed by atoms with Crippen LogP contribution in [-0.4, -0.2) is 11.6 Å². The number of ether oxygens (including phenoxy) is 1. The summed E-state index contributed by atoms with van der Waals surface area (Å²) in [5, 5.41) is 3.41. The quantitative estimate of drug-likeness (QED) is 0.810. The summed E-state index contributed by atoms with van der Waals surface area (Å²) < 4.78 is 18.5. The lowest BCUT2D eigenvalue weighted by Crippen LogP contribution is -2.11. The molecule has 1 aromatic heterocycles. The molecule has 1 unspecified atom stereocenters. The fraction of sp³-hybridized carbons (Fsp3) is 0.353. The van der Waals surface area contributed by atoms with Gasteiger partial charge in [0.1, 0.15) is 11.6 Å². The monoisotopic (exact) mass is 288 g/mol. The van der Waals surface area contributed by atoms with Crippen molar-refractivity contribution in [3.05, 3.63) is 54.1 Å². The van der Waals surface area contributed by atoms with E-state index in [1.54, 1.807) is 6.07 Å². The van der Waals surface area contributed by atoms with Gasteiger partial charge >= 0.3 is 0 Å². The average molecular weight is 288 g/mol. The molecule has 0 aliphatic heterocycles. The third-order valence-corrected chi connectivity index (χ3v) is 3.18. The lowest BCUT2D eigenvalue weighted by molar-refractivity contribution is 0.317. The first-order valence-electron chi connectivity index (χ1n) is 7.33. The maximum Gasteiger partial charge on any atom is 0.141 e. The molecule has 0 saturated heterocycles. The molecule has 1 aromatic carbocycles. The third-order valence-electron chi connectivity index (χ3n) is 3.18. The van der Waals surface area contributed by atoms with E-state index in [0.29, 0.717) is 0 Å². The van der Waals surface area contributed by atoms with Crippen LogP contribution in [-0.2, 0) is 0 Å². The first-order valence-corrected chi connectivity index (χ1v) is 7.33. The van der Waals surface area contributed by atoms with Crippen molar-refractivity contribution in [1.29, 1.82) is 0 Å². The Kier molecular flexibility index (Phi) is 5.55. The molecule has 1 atom stereocenters. The smallest absolute Gasteiger partial charge is 0.141 e. The van der Waals surface area contributed by atoms with Crippen LogP contribution in [0, 0.1) is 5.82 Å². The molecule has 1 heterocycles. The van der Waals surface area contributed by atoms with E-state index < -0.39 is 0 Å². The predicted octanol–water partition coefficient (Wildman–Crippen LogP) is 4.57. The molecule has 4 heteroatoms. The zero-order valence-corrected chi connectivity index (χ0v) is 12.5. The highest BCUT2D eigenvalue weighted by Crippen LogP contribution is 2.23. The van der Waals surface area contributed by atoms with Gasteiger partial charge in [-0.1, -0.05) is 13.8 Å². The average Bonchev–Trinajstić information content (AvgIpc) is 2.53. The topological polar surface area (TPSA) is 34.1 Å². The van der Waals surface area contributed by atoms with Crippen LogP contribution >= 0.6 is 0 Å². The van der Waals surface area contributed by atoms with Gasteiger partial charge in [0.25, 0.3) is 0 Å². The summed E-state index contributed by atoms with van der Waals surface area (Å²) in [4.78, 5) is 4.14. The Hall–Kier alpha value is -2.10. The Labute approximate surface area is 125 Å². The van der Waals surface area contributed by atoms with E-state index in [1.807, 2.05) is 24.3 Å². The number of aromatic nitrogens is 1. The van der Waals surface area contributed by atoms with Crippen LogP contribution in [0.25, 0.3) is 0 Å². The first-order chi connectivity index (χ1) is 10.2. The number of rotatable bonds is 7. The largest absolute Gasteiger partial charge is 0.494 e. The van der Waals surface area contributed by atoms with Crippen molar-refractivity contribution in [3.63, 3.8) is 0 Å². The number of hydrogen-bond donors (Lipinski definition) is 1. The number of anilines is 1. The van der Waals surface area contributed by atoms with Crippen LogP contribution in [0.5, 0.6) is 5.75 Å². The molecule has 21 heavy (non-hydrogen) atoms. The van der Waals surface area contributed by atoms with Gasteiger partial charge in [0.2, 0.25) is 0 Å². The highest BCUT2D eigenvalue weighted by molar-refractivity contribution is 5.47. The number of halogens is 1. The van der Waals surface area contributed by atoms with Gasteiger partial charge in [0.15, 0.2) is 0 Å². The van der Waals surface area contributed by atoms with Crippen LogP contribution in [0.3, 0.4) is 0 Å². The fourth-order valence-electron chi connectivity index (χ4n) is 2.05. The Morgan fingerprint density at radius 1 is 1.14 bits per heavy atom. The first kappa shape index (κ1) is 15.3. The van der Waals surface area contributed by atoms with Crippen LogP contribution in [0.15, 0.2) is 42.6 Å². The maximum absolute atomic E-state index is 12.9. The Morgan fingerprint density at radius 3 is 2.48 bits per heavy atom. The standard InChI is InChI=1S/C17H21FN2O/c1-3-11-21-15-8-6-14(7-9-15)20-16(4-2)17-10-5-13(18)12-19-17/h5-10,12,16,20H,3-4,11H2,1-2H3. The van der Waals surface area contributed by atoms with Gasteiger partial charge in [-0.2, -0.15) is 0 Å². The number of hydrogen-bond acceptors (Lipinski definition) is 3. The minimum Gasteiger partial charge on any atom is -0.494 e. The molecular formula is C17H21FN2O. The van der Waals surface area contributed by atoms with Crippen LogP contribution in [0.4, 0.5) is 10.1 Å². The van der Waals surface area contributed by atoms with Gasteiger partial charge in [-0.15, -0.1) is 0 Å². The second-order valence-electron chi connectivity index (χ2n) is 4.88. The van der Waals surface area contributed by atoms with Crippen LogP contribution in [0.1, 0.15) is 38.4 Å². The van der Waals surface area contributed by atoms with Gasteiger partial charge in [-0.3, -0.25) is 4.98 Å². The zero-order valence-electron chi connectivity index (χ0n) is 12.5. The molecule has 0 aliphatic carbocycles. The number of pyridine rings is 1. The lowest BCUT2D eigenvalue weighted by atomic mass is 10.1. The summed E-state index contributed by atoms with van der Waals surface area (Å²) in [6.07, 6.45) is 3.11.